The van der Waals surface area contributed by atoms with Crippen LogP contribution in [0, 0.1) is 0 Å². The van der Waals surface area contributed by atoms with Crippen LogP contribution in [0.2, 0.25) is 5.02 Å². The largest absolute Gasteiger partial charge is 0.491 e. The lowest BCUT2D eigenvalue weighted by Gasteiger charge is -2.11. The van der Waals surface area contributed by atoms with Crippen LogP contribution in [0.1, 0.15) is 19.4 Å². The molecule has 0 bridgehead atoms. The zero-order chi connectivity index (χ0) is 21.9. The highest BCUT2D eigenvalue weighted by atomic mass is 35.5. The van der Waals surface area contributed by atoms with E-state index < -0.39 is 5.97 Å². The highest BCUT2D eigenvalue weighted by molar-refractivity contribution is 6.32. The molecule has 2 rings (SSSR count). The van der Waals surface area contributed by atoms with Crippen LogP contribution in [-0.4, -0.2) is 38.8 Å². The second-order valence-electron chi connectivity index (χ2n) is 5.91. The second-order valence-corrected chi connectivity index (χ2v) is 6.32. The molecule has 0 fully saturated rings. The highest BCUT2D eigenvalue weighted by Gasteiger charge is 2.11. The Bertz CT molecular complexity index is 912. The maximum absolute atomic E-state index is 12.3. The summed E-state index contributed by atoms with van der Waals surface area (Å²) in [5.41, 5.74) is 1.21. The van der Waals surface area contributed by atoms with Crippen molar-refractivity contribution in [3.63, 3.8) is 0 Å². The van der Waals surface area contributed by atoms with Gasteiger partial charge in [0, 0.05) is 17.8 Å². The fourth-order valence-electron chi connectivity index (χ4n) is 2.51. The van der Waals surface area contributed by atoms with Crippen LogP contribution in [0.25, 0.3) is 6.08 Å². The Kier molecular flexibility index (Phi) is 9.03. The van der Waals surface area contributed by atoms with Crippen molar-refractivity contribution in [2.24, 2.45) is 0 Å². The van der Waals surface area contributed by atoms with Gasteiger partial charge in [0.2, 0.25) is 5.91 Å². The lowest BCUT2D eigenvalue weighted by molar-refractivity contribution is -0.145. The van der Waals surface area contributed by atoms with Gasteiger partial charge in [-0.1, -0.05) is 17.7 Å². The molecule has 1 N–H and O–H groups in total. The van der Waals surface area contributed by atoms with Crippen molar-refractivity contribution in [2.45, 2.75) is 13.8 Å². The second kappa shape index (κ2) is 11.7. The summed E-state index contributed by atoms with van der Waals surface area (Å²) in [6, 6.07) is 10.1. The normalized spacial score (nSPS) is 10.5. The van der Waals surface area contributed by atoms with Gasteiger partial charge in [-0.05, 0) is 49.8 Å². The molecular formula is C22H24ClNO6. The first-order valence-corrected chi connectivity index (χ1v) is 9.72. The standard InChI is InChI=1S/C22H24ClNO6/c1-4-28-19-12-15(11-18(23)22(19)27-3)9-10-20(25)24-16-7-6-8-17(13-16)30-14-21(26)29-5-2/h6-13H,4-5,14H2,1-3H3,(H,24,25)/b10-9+. The number of amides is 1. The van der Waals surface area contributed by atoms with Crippen molar-refractivity contribution in [3.05, 3.63) is 53.1 Å². The molecule has 30 heavy (non-hydrogen) atoms. The van der Waals surface area contributed by atoms with Crippen molar-refractivity contribution >= 4 is 35.2 Å². The minimum Gasteiger partial charge on any atom is -0.491 e. The van der Waals surface area contributed by atoms with Gasteiger partial charge >= 0.3 is 5.97 Å². The number of hydrogen-bond acceptors (Lipinski definition) is 6. The molecule has 2 aromatic carbocycles. The van der Waals surface area contributed by atoms with Crippen LogP contribution >= 0.6 is 11.6 Å². The van der Waals surface area contributed by atoms with Gasteiger partial charge in [-0.3, -0.25) is 4.79 Å². The zero-order valence-electron chi connectivity index (χ0n) is 17.1. The molecule has 0 saturated heterocycles. The summed E-state index contributed by atoms with van der Waals surface area (Å²) < 4.78 is 20.9. The van der Waals surface area contributed by atoms with Crippen molar-refractivity contribution in [2.75, 3.05) is 32.2 Å². The maximum atomic E-state index is 12.3. The Morgan fingerprint density at radius 3 is 2.60 bits per heavy atom. The molecule has 0 atom stereocenters. The lowest BCUT2D eigenvalue weighted by Crippen LogP contribution is -2.14. The molecule has 0 aliphatic carbocycles. The first-order valence-electron chi connectivity index (χ1n) is 9.34. The monoisotopic (exact) mass is 433 g/mol. The van der Waals surface area contributed by atoms with E-state index in [1.807, 2.05) is 6.92 Å². The first-order chi connectivity index (χ1) is 14.5. The molecule has 0 heterocycles. The number of anilines is 1. The van der Waals surface area contributed by atoms with Gasteiger partial charge in [0.15, 0.2) is 18.1 Å². The quantitative estimate of drug-likeness (QED) is 0.443. The first kappa shape index (κ1) is 23.1. The van der Waals surface area contributed by atoms with E-state index in [4.69, 9.17) is 30.5 Å². The number of hydrogen-bond donors (Lipinski definition) is 1. The van der Waals surface area contributed by atoms with Crippen LogP contribution in [0.4, 0.5) is 5.69 Å². The number of rotatable bonds is 10. The highest BCUT2D eigenvalue weighted by Crippen LogP contribution is 2.36. The van der Waals surface area contributed by atoms with Gasteiger partial charge in [0.1, 0.15) is 5.75 Å². The number of carbonyl (C=O) groups is 2. The zero-order valence-corrected chi connectivity index (χ0v) is 17.8. The molecule has 0 spiro atoms. The summed E-state index contributed by atoms with van der Waals surface area (Å²) in [4.78, 5) is 23.6. The van der Waals surface area contributed by atoms with Crippen LogP contribution in [-0.2, 0) is 14.3 Å². The van der Waals surface area contributed by atoms with E-state index in [1.165, 1.54) is 13.2 Å². The summed E-state index contributed by atoms with van der Waals surface area (Å²) in [6.45, 7) is 4.11. The summed E-state index contributed by atoms with van der Waals surface area (Å²) >= 11 is 6.22. The Balaban J connectivity index is 2.03. The molecule has 0 aromatic heterocycles. The Morgan fingerprint density at radius 2 is 1.90 bits per heavy atom. The Hall–Kier alpha value is -3.19. The van der Waals surface area contributed by atoms with Crippen LogP contribution in [0.5, 0.6) is 17.2 Å². The van der Waals surface area contributed by atoms with E-state index in [9.17, 15) is 9.59 Å². The molecule has 0 radical (unpaired) electrons. The minimum absolute atomic E-state index is 0.203. The number of esters is 1. The third-order valence-electron chi connectivity index (χ3n) is 3.73. The van der Waals surface area contributed by atoms with E-state index in [0.717, 1.165) is 0 Å². The van der Waals surface area contributed by atoms with Crippen LogP contribution in [0.3, 0.4) is 0 Å². The predicted molar refractivity (Wildman–Crippen MR) is 115 cm³/mol. The van der Waals surface area contributed by atoms with E-state index in [1.54, 1.807) is 49.4 Å². The van der Waals surface area contributed by atoms with Crippen LogP contribution < -0.4 is 19.5 Å². The average Bonchev–Trinajstić information content (AvgIpc) is 2.71. The Labute approximate surface area is 180 Å². The van der Waals surface area contributed by atoms with Gasteiger partial charge in [0.25, 0.3) is 0 Å². The number of nitrogens with one attached hydrogen (secondary N) is 1. The number of halogens is 1. The van der Waals surface area contributed by atoms with E-state index in [0.29, 0.717) is 40.1 Å². The van der Waals surface area contributed by atoms with E-state index in [-0.39, 0.29) is 19.1 Å². The fourth-order valence-corrected chi connectivity index (χ4v) is 2.81. The number of carbonyl (C=O) groups excluding carboxylic acids is 2. The fraction of sp³-hybridized carbons (Fsp3) is 0.273. The van der Waals surface area contributed by atoms with Crippen molar-refractivity contribution in [1.29, 1.82) is 0 Å². The van der Waals surface area contributed by atoms with Crippen molar-refractivity contribution in [3.8, 4) is 17.2 Å². The lowest BCUT2D eigenvalue weighted by atomic mass is 10.2. The minimum atomic E-state index is -0.459. The summed E-state index contributed by atoms with van der Waals surface area (Å²) in [6.07, 6.45) is 2.99. The number of ether oxygens (including phenoxy) is 4. The maximum Gasteiger partial charge on any atom is 0.344 e. The molecule has 7 nitrogen and oxygen atoms in total. The summed E-state index contributed by atoms with van der Waals surface area (Å²) in [5.74, 6) is 0.578. The molecular weight excluding hydrogens is 410 g/mol. The Morgan fingerprint density at radius 1 is 1.10 bits per heavy atom. The molecule has 0 saturated carbocycles. The van der Waals surface area contributed by atoms with Gasteiger partial charge in [0.05, 0.1) is 25.3 Å². The van der Waals surface area contributed by atoms with Gasteiger partial charge < -0.3 is 24.3 Å². The summed E-state index contributed by atoms with van der Waals surface area (Å²) in [7, 11) is 1.51. The summed E-state index contributed by atoms with van der Waals surface area (Å²) in [5, 5.41) is 3.12. The molecule has 0 aliphatic heterocycles. The SMILES string of the molecule is CCOC(=O)COc1cccc(NC(=O)/C=C/c2cc(Cl)c(OC)c(OCC)c2)c1. The molecule has 160 valence electrons. The third-order valence-corrected chi connectivity index (χ3v) is 4.01. The molecule has 0 aliphatic rings. The van der Waals surface area contributed by atoms with E-state index in [2.05, 4.69) is 5.32 Å². The van der Waals surface area contributed by atoms with Gasteiger partial charge in [-0.2, -0.15) is 0 Å². The van der Waals surface area contributed by atoms with Crippen LogP contribution in [0.15, 0.2) is 42.5 Å². The van der Waals surface area contributed by atoms with E-state index >= 15 is 0 Å². The van der Waals surface area contributed by atoms with Gasteiger partial charge in [-0.15, -0.1) is 0 Å². The molecule has 8 heteroatoms. The van der Waals surface area contributed by atoms with Gasteiger partial charge in [-0.25, -0.2) is 4.79 Å². The molecule has 2 aromatic rings. The average molecular weight is 434 g/mol. The number of methoxy groups -OCH3 is 1. The molecule has 0 unspecified atom stereocenters. The van der Waals surface area contributed by atoms with Crippen molar-refractivity contribution < 1.29 is 28.5 Å². The number of benzene rings is 2. The predicted octanol–water partition coefficient (Wildman–Crippen LogP) is 4.34. The third kappa shape index (κ3) is 7.00. The molecule has 1 amide bonds. The topological polar surface area (TPSA) is 83.1 Å². The van der Waals surface area contributed by atoms with Crippen molar-refractivity contribution in [1.82, 2.24) is 0 Å². The smallest absolute Gasteiger partial charge is 0.344 e.